The highest BCUT2D eigenvalue weighted by Crippen LogP contribution is 2.30. The van der Waals surface area contributed by atoms with Crippen LogP contribution in [0.4, 0.5) is 0 Å². The van der Waals surface area contributed by atoms with Crippen molar-refractivity contribution in [3.63, 3.8) is 0 Å². The first-order chi connectivity index (χ1) is 17.5. The van der Waals surface area contributed by atoms with E-state index in [1.807, 2.05) is 55.7 Å². The molecule has 0 aliphatic carbocycles. The molecule has 0 atom stereocenters. The van der Waals surface area contributed by atoms with Crippen molar-refractivity contribution in [2.24, 2.45) is 0 Å². The van der Waals surface area contributed by atoms with Gasteiger partial charge in [0, 0.05) is 42.5 Å². The minimum absolute atomic E-state index is 0.0433. The van der Waals surface area contributed by atoms with E-state index in [9.17, 15) is 9.59 Å². The van der Waals surface area contributed by atoms with Gasteiger partial charge in [-0.1, -0.05) is 37.3 Å². The Morgan fingerprint density at radius 1 is 0.944 bits per heavy atom. The van der Waals surface area contributed by atoms with Crippen LogP contribution in [0.15, 0.2) is 48.7 Å². The second kappa shape index (κ2) is 12.1. The average Bonchev–Trinajstić information content (AvgIpc) is 3.46. The maximum absolute atomic E-state index is 12.6. The lowest BCUT2D eigenvalue weighted by Crippen LogP contribution is -2.30. The van der Waals surface area contributed by atoms with Crippen LogP contribution in [0.5, 0.6) is 0 Å². The largest absolute Gasteiger partial charge is 0.352 e. The van der Waals surface area contributed by atoms with Crippen molar-refractivity contribution in [2.45, 2.75) is 20.3 Å². The monoisotopic (exact) mass is 506 g/mol. The van der Waals surface area contributed by atoms with Crippen LogP contribution in [0.2, 0.25) is 0 Å². The van der Waals surface area contributed by atoms with Crippen LogP contribution >= 0.6 is 11.3 Å². The minimum atomic E-state index is -0.0858. The van der Waals surface area contributed by atoms with Gasteiger partial charge in [-0.15, -0.1) is 0 Å². The van der Waals surface area contributed by atoms with Crippen LogP contribution in [0.3, 0.4) is 0 Å². The Balaban J connectivity index is 1.42. The van der Waals surface area contributed by atoms with Gasteiger partial charge >= 0.3 is 0 Å². The number of amides is 2. The Morgan fingerprint density at radius 2 is 1.64 bits per heavy atom. The van der Waals surface area contributed by atoms with E-state index in [0.717, 1.165) is 59.0 Å². The van der Waals surface area contributed by atoms with E-state index in [1.165, 1.54) is 0 Å². The molecule has 0 aliphatic heterocycles. The molecule has 4 aromatic rings. The number of nitrogens with one attached hydrogen (secondary N) is 3. The van der Waals surface area contributed by atoms with Crippen LogP contribution in [-0.4, -0.2) is 72.4 Å². The van der Waals surface area contributed by atoms with Gasteiger partial charge in [-0.3, -0.25) is 14.0 Å². The first-order valence-electron chi connectivity index (χ1n) is 12.5. The number of fused-ring (bicyclic) bond motifs is 3. The predicted molar refractivity (Wildman–Crippen MR) is 147 cm³/mol. The van der Waals surface area contributed by atoms with Crippen LogP contribution in [0, 0.1) is 0 Å². The highest BCUT2D eigenvalue weighted by Gasteiger charge is 2.14. The number of benzene rings is 2. The molecule has 0 fully saturated rings. The number of carbonyl (C=O) groups excluding carboxylic acids is 2. The molecule has 8 nitrogen and oxygen atoms in total. The third-order valence-electron chi connectivity index (χ3n) is 6.29. The van der Waals surface area contributed by atoms with Crippen LogP contribution in [0.1, 0.15) is 41.0 Å². The van der Waals surface area contributed by atoms with Gasteiger partial charge in [0.05, 0.1) is 15.9 Å². The second-order valence-electron chi connectivity index (χ2n) is 8.64. The van der Waals surface area contributed by atoms with E-state index in [1.54, 1.807) is 11.3 Å². The lowest BCUT2D eigenvalue weighted by Gasteiger charge is -2.17. The van der Waals surface area contributed by atoms with E-state index in [-0.39, 0.29) is 11.8 Å². The first-order valence-corrected chi connectivity index (χ1v) is 13.3. The summed E-state index contributed by atoms with van der Waals surface area (Å²) < 4.78 is 3.08. The fourth-order valence-electron chi connectivity index (χ4n) is 4.12. The molecule has 3 N–H and O–H groups in total. The summed E-state index contributed by atoms with van der Waals surface area (Å²) in [7, 11) is 1.85. The number of rotatable bonds is 12. The van der Waals surface area contributed by atoms with Crippen molar-refractivity contribution >= 4 is 38.3 Å². The number of imidazole rings is 1. The molecule has 0 radical (unpaired) electrons. The third-order valence-corrected chi connectivity index (χ3v) is 7.31. The summed E-state index contributed by atoms with van der Waals surface area (Å²) in [4.78, 5) is 32.9. The Hall–Kier alpha value is -3.27. The van der Waals surface area contributed by atoms with Gasteiger partial charge in [-0.2, -0.15) is 0 Å². The van der Waals surface area contributed by atoms with Gasteiger partial charge < -0.3 is 20.9 Å². The van der Waals surface area contributed by atoms with Gasteiger partial charge in [0.25, 0.3) is 11.8 Å². The molecule has 2 aromatic carbocycles. The minimum Gasteiger partial charge on any atom is -0.352 e. The molecule has 190 valence electrons. The lowest BCUT2D eigenvalue weighted by atomic mass is 10.1. The number of likely N-dealkylation sites (N-methyl/N-ethyl adjacent to an activating group) is 1. The summed E-state index contributed by atoms with van der Waals surface area (Å²) in [6.45, 7) is 9.34. The fraction of sp³-hybridized carbons (Fsp3) is 0.370. The van der Waals surface area contributed by atoms with E-state index < -0.39 is 0 Å². The summed E-state index contributed by atoms with van der Waals surface area (Å²) in [5, 5.41) is 8.93. The molecular formula is C27H34N6O2S. The average molecular weight is 507 g/mol. The van der Waals surface area contributed by atoms with E-state index in [2.05, 4.69) is 39.1 Å². The third kappa shape index (κ3) is 5.92. The van der Waals surface area contributed by atoms with Gasteiger partial charge in [-0.25, -0.2) is 4.98 Å². The maximum atomic E-state index is 12.6. The van der Waals surface area contributed by atoms with E-state index in [0.29, 0.717) is 24.2 Å². The number of carbonyl (C=O) groups is 2. The summed E-state index contributed by atoms with van der Waals surface area (Å²) in [5.41, 5.74) is 4.11. The van der Waals surface area contributed by atoms with Crippen molar-refractivity contribution in [3.8, 4) is 11.3 Å². The highest BCUT2D eigenvalue weighted by molar-refractivity contribution is 7.23. The van der Waals surface area contributed by atoms with Crippen molar-refractivity contribution in [1.82, 2.24) is 30.2 Å². The number of hydrogen-bond donors (Lipinski definition) is 3. The molecule has 9 heteroatoms. The molecule has 0 bridgehead atoms. The topological polar surface area (TPSA) is 90.8 Å². The summed E-state index contributed by atoms with van der Waals surface area (Å²) >= 11 is 1.56. The first kappa shape index (κ1) is 25.8. The van der Waals surface area contributed by atoms with E-state index in [4.69, 9.17) is 4.98 Å². The lowest BCUT2D eigenvalue weighted by molar-refractivity contribution is 0.0945. The SMILES string of the molecule is CCN(CC)CCCNC(=O)c1ccc2c(c1)sc1nc(-c3ccc(C(=O)NCCNC)cc3)cn12. The van der Waals surface area contributed by atoms with Gasteiger partial charge in [0.1, 0.15) is 0 Å². The van der Waals surface area contributed by atoms with Crippen LogP contribution in [0.25, 0.3) is 26.4 Å². The Labute approximate surface area is 215 Å². The van der Waals surface area contributed by atoms with Crippen molar-refractivity contribution in [1.29, 1.82) is 0 Å². The number of nitrogens with zero attached hydrogens (tertiary/aromatic N) is 3. The van der Waals surface area contributed by atoms with Gasteiger partial charge in [-0.05, 0) is 63.4 Å². The smallest absolute Gasteiger partial charge is 0.251 e. The molecule has 4 rings (SSSR count). The van der Waals surface area contributed by atoms with Gasteiger partial charge in [0.2, 0.25) is 0 Å². The zero-order valence-electron chi connectivity index (χ0n) is 21.1. The predicted octanol–water partition coefficient (Wildman–Crippen LogP) is 3.63. The number of hydrogen-bond acceptors (Lipinski definition) is 6. The zero-order chi connectivity index (χ0) is 25.5. The molecule has 2 amide bonds. The molecule has 36 heavy (non-hydrogen) atoms. The van der Waals surface area contributed by atoms with Crippen molar-refractivity contribution in [3.05, 3.63) is 59.8 Å². The standard InChI is InChI=1S/C27H34N6O2S/c1-4-32(5-2)16-6-13-29-26(35)21-11-12-23-24(17-21)36-27-31-22(18-33(23)27)19-7-9-20(10-8-19)25(34)30-15-14-28-3/h7-12,17-18,28H,4-6,13-16H2,1-3H3,(H,29,35)(H,30,34). The number of aromatic nitrogens is 2. The molecule has 2 aromatic heterocycles. The quantitative estimate of drug-likeness (QED) is 0.255. The normalized spacial score (nSPS) is 11.4. The fourth-order valence-corrected chi connectivity index (χ4v) is 5.17. The van der Waals surface area contributed by atoms with E-state index >= 15 is 0 Å². The summed E-state index contributed by atoms with van der Waals surface area (Å²) in [6.07, 6.45) is 2.94. The summed E-state index contributed by atoms with van der Waals surface area (Å²) in [5.74, 6) is -0.129. The van der Waals surface area contributed by atoms with Crippen molar-refractivity contribution in [2.75, 3.05) is 46.3 Å². The number of thiazole rings is 1. The van der Waals surface area contributed by atoms with Crippen LogP contribution < -0.4 is 16.0 Å². The Morgan fingerprint density at radius 3 is 2.36 bits per heavy atom. The highest BCUT2D eigenvalue weighted by atomic mass is 32.1. The molecule has 0 spiro atoms. The molecule has 0 saturated carbocycles. The Kier molecular flexibility index (Phi) is 8.69. The van der Waals surface area contributed by atoms with Crippen LogP contribution in [-0.2, 0) is 0 Å². The molecular weight excluding hydrogens is 472 g/mol. The van der Waals surface area contributed by atoms with Gasteiger partial charge in [0.15, 0.2) is 4.96 Å². The maximum Gasteiger partial charge on any atom is 0.251 e. The summed E-state index contributed by atoms with van der Waals surface area (Å²) in [6, 6.07) is 13.3. The molecule has 2 heterocycles. The van der Waals surface area contributed by atoms with Crippen molar-refractivity contribution < 1.29 is 9.59 Å². The Bertz CT molecular complexity index is 1320. The second-order valence-corrected chi connectivity index (χ2v) is 9.65. The zero-order valence-corrected chi connectivity index (χ0v) is 22.0. The molecule has 0 unspecified atom stereocenters. The molecule has 0 saturated heterocycles. The molecule has 0 aliphatic rings.